The van der Waals surface area contributed by atoms with E-state index < -0.39 is 0 Å². The number of rotatable bonds is 1. The van der Waals surface area contributed by atoms with E-state index in [4.69, 9.17) is 0 Å². The van der Waals surface area contributed by atoms with Crippen LogP contribution in [-0.4, -0.2) is 36.8 Å². The Kier molecular flexibility index (Phi) is 1.46. The molecule has 0 saturated carbocycles. The molecule has 2 fully saturated rings. The van der Waals surface area contributed by atoms with Gasteiger partial charge in [-0.1, -0.05) is 0 Å². The Labute approximate surface area is 75.9 Å². The largest absolute Gasteiger partial charge is 0.362 e. The predicted octanol–water partition coefficient (Wildman–Crippen LogP) is -0.321. The van der Waals surface area contributed by atoms with E-state index in [0.717, 1.165) is 31.2 Å². The van der Waals surface area contributed by atoms with Gasteiger partial charge in [-0.25, -0.2) is 0 Å². The highest BCUT2D eigenvalue weighted by atomic mass is 17.3. The molecule has 0 spiro atoms. The molecule has 3 aliphatic heterocycles. The monoisotopic (exact) mass is 181 g/mol. The quantitative estimate of drug-likeness (QED) is 0.563. The molecular formula is C8H11N3O2. The van der Waals surface area contributed by atoms with Crippen LogP contribution in [0.5, 0.6) is 0 Å². The molecule has 3 heterocycles. The van der Waals surface area contributed by atoms with E-state index in [0.29, 0.717) is 6.04 Å². The molecule has 0 unspecified atom stereocenters. The van der Waals surface area contributed by atoms with Gasteiger partial charge in [0.15, 0.2) is 6.26 Å². The number of hydrogen-bond donors (Lipinski definition) is 1. The third-order valence-electron chi connectivity index (χ3n) is 2.91. The van der Waals surface area contributed by atoms with Crippen LogP contribution in [0.3, 0.4) is 0 Å². The van der Waals surface area contributed by atoms with E-state index in [2.05, 4.69) is 25.2 Å². The van der Waals surface area contributed by atoms with Crippen LogP contribution in [0.1, 0.15) is 0 Å². The Morgan fingerprint density at radius 2 is 2.54 bits per heavy atom. The fourth-order valence-corrected chi connectivity index (χ4v) is 2.16. The van der Waals surface area contributed by atoms with E-state index in [1.165, 1.54) is 0 Å². The summed E-state index contributed by atoms with van der Waals surface area (Å²) >= 11 is 0. The molecule has 5 heteroatoms. The molecule has 0 aromatic rings. The number of fused-ring (bicyclic) bond motifs is 1. The summed E-state index contributed by atoms with van der Waals surface area (Å²) in [5, 5.41) is 6.97. The summed E-state index contributed by atoms with van der Waals surface area (Å²) in [7, 11) is 0. The van der Waals surface area contributed by atoms with E-state index in [1.54, 1.807) is 12.5 Å². The Morgan fingerprint density at radius 1 is 1.54 bits per heavy atom. The van der Waals surface area contributed by atoms with Crippen LogP contribution >= 0.6 is 0 Å². The highest BCUT2D eigenvalue weighted by Gasteiger charge is 2.43. The molecule has 13 heavy (non-hydrogen) atoms. The van der Waals surface area contributed by atoms with Gasteiger partial charge in [0.1, 0.15) is 0 Å². The van der Waals surface area contributed by atoms with Crippen LogP contribution in [-0.2, 0) is 9.88 Å². The predicted molar refractivity (Wildman–Crippen MR) is 45.6 cm³/mol. The number of nitrogens with one attached hydrogen (secondary N) is 1. The highest BCUT2D eigenvalue weighted by Crippen LogP contribution is 2.31. The highest BCUT2D eigenvalue weighted by molar-refractivity contribution is 5.77. The number of hydrogen-bond acceptors (Lipinski definition) is 5. The van der Waals surface area contributed by atoms with Gasteiger partial charge in [-0.15, -0.1) is 0 Å². The van der Waals surface area contributed by atoms with Gasteiger partial charge in [0.05, 0.1) is 11.9 Å². The van der Waals surface area contributed by atoms with Crippen LogP contribution in [0.25, 0.3) is 0 Å². The van der Waals surface area contributed by atoms with E-state index in [9.17, 15) is 0 Å². The van der Waals surface area contributed by atoms with Crippen molar-refractivity contribution in [3.05, 3.63) is 12.0 Å². The minimum Gasteiger partial charge on any atom is -0.362 e. The minimum absolute atomic E-state index is 0.624. The van der Waals surface area contributed by atoms with Gasteiger partial charge in [0.25, 0.3) is 0 Å². The SMILES string of the molecule is C1=NOOC=C1N1C[C@H]2CNC[C@H]21. The van der Waals surface area contributed by atoms with Crippen LogP contribution in [0.15, 0.2) is 17.1 Å². The molecular weight excluding hydrogens is 170 g/mol. The lowest BCUT2D eigenvalue weighted by Crippen LogP contribution is -2.55. The smallest absolute Gasteiger partial charge is 0.170 e. The molecule has 0 aliphatic carbocycles. The molecule has 3 rings (SSSR count). The second kappa shape index (κ2) is 2.63. The zero-order valence-electron chi connectivity index (χ0n) is 7.14. The summed E-state index contributed by atoms with van der Waals surface area (Å²) in [6.45, 7) is 3.30. The zero-order valence-corrected chi connectivity index (χ0v) is 7.14. The van der Waals surface area contributed by atoms with Crippen molar-refractivity contribution in [3.8, 4) is 0 Å². The van der Waals surface area contributed by atoms with Crippen molar-refractivity contribution in [3.63, 3.8) is 0 Å². The first-order chi connectivity index (χ1) is 6.45. The van der Waals surface area contributed by atoms with Crippen molar-refractivity contribution in [1.29, 1.82) is 0 Å². The van der Waals surface area contributed by atoms with Gasteiger partial charge < -0.3 is 10.2 Å². The van der Waals surface area contributed by atoms with Crippen molar-refractivity contribution < 1.29 is 9.88 Å². The van der Waals surface area contributed by atoms with E-state index >= 15 is 0 Å². The lowest BCUT2D eigenvalue weighted by molar-refractivity contribution is -0.253. The second-order valence-corrected chi connectivity index (χ2v) is 3.59. The first kappa shape index (κ1) is 7.20. The lowest BCUT2D eigenvalue weighted by atomic mass is 9.91. The maximum Gasteiger partial charge on any atom is 0.170 e. The number of oxime groups is 1. The summed E-state index contributed by atoms with van der Waals surface area (Å²) in [6, 6.07) is 0.624. The molecule has 70 valence electrons. The topological polar surface area (TPSA) is 46.1 Å². The van der Waals surface area contributed by atoms with Crippen LogP contribution < -0.4 is 5.32 Å². The third-order valence-corrected chi connectivity index (χ3v) is 2.91. The normalized spacial score (nSPS) is 35.7. The summed E-state index contributed by atoms with van der Waals surface area (Å²) in [4.78, 5) is 11.3. The molecule has 0 amide bonds. The lowest BCUT2D eigenvalue weighted by Gasteiger charge is -2.45. The summed E-state index contributed by atoms with van der Waals surface area (Å²) < 4.78 is 0. The molecule has 0 radical (unpaired) electrons. The van der Waals surface area contributed by atoms with Crippen molar-refractivity contribution in [2.24, 2.45) is 11.1 Å². The molecule has 2 saturated heterocycles. The zero-order chi connectivity index (χ0) is 8.67. The molecule has 0 aromatic carbocycles. The maximum atomic E-state index is 4.67. The van der Waals surface area contributed by atoms with Gasteiger partial charge in [-0.3, -0.25) is 4.89 Å². The van der Waals surface area contributed by atoms with Crippen molar-refractivity contribution in [1.82, 2.24) is 10.2 Å². The average Bonchev–Trinajstić information content (AvgIpc) is 2.50. The number of nitrogens with zero attached hydrogens (tertiary/aromatic N) is 2. The standard InChI is InChI=1S/C8H11N3O2/c1-6-4-11(8(6)3-9-1)7-2-10-13-12-5-7/h2,5-6,8-9H,1,3-4H2/t6-,8-/m1/s1. The van der Waals surface area contributed by atoms with E-state index in [1.807, 2.05) is 0 Å². The van der Waals surface area contributed by atoms with Gasteiger partial charge >= 0.3 is 0 Å². The average molecular weight is 181 g/mol. The fourth-order valence-electron chi connectivity index (χ4n) is 2.16. The molecule has 0 bridgehead atoms. The molecule has 3 aliphatic rings. The Hall–Kier alpha value is -1.23. The number of likely N-dealkylation sites (tertiary alicyclic amines) is 1. The van der Waals surface area contributed by atoms with Gasteiger partial charge in [0.2, 0.25) is 0 Å². The first-order valence-corrected chi connectivity index (χ1v) is 4.48. The Balaban J connectivity index is 1.73. The van der Waals surface area contributed by atoms with E-state index in [-0.39, 0.29) is 0 Å². The molecule has 0 aromatic heterocycles. The molecule has 1 N–H and O–H groups in total. The van der Waals surface area contributed by atoms with Crippen LogP contribution in [0.4, 0.5) is 0 Å². The Morgan fingerprint density at radius 3 is 3.31 bits per heavy atom. The summed E-state index contributed by atoms with van der Waals surface area (Å²) in [5.41, 5.74) is 1.01. The maximum absolute atomic E-state index is 4.67. The third kappa shape index (κ3) is 1.00. The van der Waals surface area contributed by atoms with Crippen molar-refractivity contribution >= 4 is 6.21 Å². The molecule has 5 nitrogen and oxygen atoms in total. The van der Waals surface area contributed by atoms with Gasteiger partial charge in [-0.2, -0.15) is 4.99 Å². The van der Waals surface area contributed by atoms with Crippen molar-refractivity contribution in [2.45, 2.75) is 6.04 Å². The van der Waals surface area contributed by atoms with Gasteiger partial charge in [0, 0.05) is 31.6 Å². The Bertz CT molecular complexity index is 277. The minimum atomic E-state index is 0.624. The fraction of sp³-hybridized carbons (Fsp3) is 0.625. The molecule has 2 atom stereocenters. The van der Waals surface area contributed by atoms with Crippen molar-refractivity contribution in [2.75, 3.05) is 19.6 Å². The summed E-state index contributed by atoms with van der Waals surface area (Å²) in [5.74, 6) is 0.803. The van der Waals surface area contributed by atoms with Crippen LogP contribution in [0, 0.1) is 5.92 Å². The van der Waals surface area contributed by atoms with Gasteiger partial charge in [-0.05, 0) is 5.16 Å². The summed E-state index contributed by atoms with van der Waals surface area (Å²) in [6.07, 6.45) is 3.29. The first-order valence-electron chi connectivity index (χ1n) is 4.48. The number of allylic oxidation sites excluding steroid dienone is 1. The second-order valence-electron chi connectivity index (χ2n) is 3.59. The van der Waals surface area contributed by atoms with Crippen LogP contribution in [0.2, 0.25) is 0 Å².